The number of carboxylic acids is 1. The summed E-state index contributed by atoms with van der Waals surface area (Å²) in [7, 11) is 0. The highest BCUT2D eigenvalue weighted by molar-refractivity contribution is 5.89. The Bertz CT molecular complexity index is 707. The van der Waals surface area contributed by atoms with E-state index in [1.165, 1.54) is 10.9 Å². The number of nitrogens with one attached hydrogen (secondary N) is 1. The van der Waals surface area contributed by atoms with Gasteiger partial charge in [-0.3, -0.25) is 9.59 Å². The first-order valence-corrected chi connectivity index (χ1v) is 7.55. The second kappa shape index (κ2) is 6.20. The number of hydrogen-bond acceptors (Lipinski definition) is 4. The summed E-state index contributed by atoms with van der Waals surface area (Å²) in [6, 6.07) is 9.80. The van der Waals surface area contributed by atoms with Gasteiger partial charge in [0, 0.05) is 0 Å². The zero-order valence-electron chi connectivity index (χ0n) is 12.6. The quantitative estimate of drug-likeness (QED) is 0.832. The molecule has 0 aliphatic heterocycles. The number of carboxylic acid groups (broad SMARTS) is 1. The Labute approximate surface area is 133 Å². The molecule has 1 aromatic carbocycles. The molecule has 1 aliphatic rings. The third kappa shape index (κ3) is 3.08. The highest BCUT2D eigenvalue weighted by Gasteiger charge is 2.45. The molecule has 1 aliphatic carbocycles. The van der Waals surface area contributed by atoms with E-state index >= 15 is 0 Å². The number of nitrogens with zero attached hydrogens (tertiary/aromatic N) is 3. The van der Waals surface area contributed by atoms with E-state index in [0.717, 1.165) is 24.8 Å². The van der Waals surface area contributed by atoms with Crippen molar-refractivity contribution < 1.29 is 14.7 Å². The summed E-state index contributed by atoms with van der Waals surface area (Å²) in [4.78, 5) is 23.3. The molecule has 1 aromatic heterocycles. The number of benzene rings is 1. The van der Waals surface area contributed by atoms with Crippen LogP contribution in [0.25, 0.3) is 0 Å². The number of carbonyl (C=O) groups excluding carboxylic acids is 1. The summed E-state index contributed by atoms with van der Waals surface area (Å²) in [6.07, 6.45) is 4.25. The number of aromatic nitrogens is 3. The van der Waals surface area contributed by atoms with Gasteiger partial charge in [0.25, 0.3) is 0 Å². The first-order chi connectivity index (χ1) is 11.1. The Morgan fingerprint density at radius 1 is 1.26 bits per heavy atom. The van der Waals surface area contributed by atoms with Crippen LogP contribution in [0, 0.1) is 0 Å². The van der Waals surface area contributed by atoms with Crippen molar-refractivity contribution in [3.05, 3.63) is 47.8 Å². The summed E-state index contributed by atoms with van der Waals surface area (Å²) in [5, 5.41) is 19.2. The normalized spacial score (nSPS) is 15.7. The van der Waals surface area contributed by atoms with E-state index in [-0.39, 0.29) is 19.0 Å². The van der Waals surface area contributed by atoms with Crippen LogP contribution in [0.3, 0.4) is 0 Å². The van der Waals surface area contributed by atoms with Crippen LogP contribution in [0.2, 0.25) is 0 Å². The fraction of sp³-hybridized carbons (Fsp3) is 0.375. The highest BCUT2D eigenvalue weighted by Crippen LogP contribution is 2.43. The molecule has 7 heteroatoms. The number of carbonyl (C=O) groups is 2. The van der Waals surface area contributed by atoms with Crippen molar-refractivity contribution in [2.24, 2.45) is 0 Å². The molecule has 0 saturated heterocycles. The fourth-order valence-electron chi connectivity index (χ4n) is 2.91. The summed E-state index contributed by atoms with van der Waals surface area (Å²) in [6.45, 7) is 0.00192. The molecule has 120 valence electrons. The minimum absolute atomic E-state index is 0.0114. The van der Waals surface area contributed by atoms with Crippen LogP contribution in [0.5, 0.6) is 0 Å². The van der Waals surface area contributed by atoms with Crippen LogP contribution >= 0.6 is 0 Å². The van der Waals surface area contributed by atoms with Crippen LogP contribution in [-0.2, 0) is 28.1 Å². The highest BCUT2D eigenvalue weighted by atomic mass is 16.4. The monoisotopic (exact) mass is 314 g/mol. The first-order valence-electron chi connectivity index (χ1n) is 7.55. The van der Waals surface area contributed by atoms with Crippen LogP contribution in [0.1, 0.15) is 30.5 Å². The van der Waals surface area contributed by atoms with Crippen molar-refractivity contribution in [3.63, 3.8) is 0 Å². The summed E-state index contributed by atoms with van der Waals surface area (Å²) >= 11 is 0. The zero-order valence-corrected chi connectivity index (χ0v) is 12.6. The van der Waals surface area contributed by atoms with Gasteiger partial charge in [-0.1, -0.05) is 42.0 Å². The van der Waals surface area contributed by atoms with Gasteiger partial charge in [-0.25, -0.2) is 4.68 Å². The minimum atomic E-state index is -0.983. The Kier molecular flexibility index (Phi) is 4.10. The molecule has 0 bridgehead atoms. The number of hydrogen-bond donors (Lipinski definition) is 2. The molecule has 23 heavy (non-hydrogen) atoms. The van der Waals surface area contributed by atoms with E-state index in [0.29, 0.717) is 5.69 Å². The molecule has 2 aromatic rings. The molecule has 0 radical (unpaired) electrons. The van der Waals surface area contributed by atoms with Gasteiger partial charge in [-0.2, -0.15) is 0 Å². The van der Waals surface area contributed by atoms with Crippen molar-refractivity contribution in [3.8, 4) is 0 Å². The van der Waals surface area contributed by atoms with Crippen LogP contribution in [0.15, 0.2) is 36.5 Å². The van der Waals surface area contributed by atoms with E-state index in [4.69, 9.17) is 5.11 Å². The van der Waals surface area contributed by atoms with E-state index in [9.17, 15) is 9.59 Å². The lowest BCUT2D eigenvalue weighted by molar-refractivity contribution is -0.138. The van der Waals surface area contributed by atoms with Crippen molar-refractivity contribution in [1.82, 2.24) is 20.3 Å². The molecule has 0 atom stereocenters. The molecular weight excluding hydrogens is 296 g/mol. The number of rotatable bonds is 6. The van der Waals surface area contributed by atoms with Crippen LogP contribution in [0.4, 0.5) is 0 Å². The lowest BCUT2D eigenvalue weighted by atomic mass is 9.64. The molecule has 2 N–H and O–H groups in total. The van der Waals surface area contributed by atoms with E-state index in [1.807, 2.05) is 30.3 Å². The molecule has 1 heterocycles. The van der Waals surface area contributed by atoms with Crippen molar-refractivity contribution >= 4 is 11.9 Å². The minimum Gasteiger partial charge on any atom is -0.480 e. The Hall–Kier alpha value is -2.70. The van der Waals surface area contributed by atoms with Gasteiger partial charge in [-0.05, 0) is 18.4 Å². The van der Waals surface area contributed by atoms with Gasteiger partial charge in [0.2, 0.25) is 5.91 Å². The van der Waals surface area contributed by atoms with Crippen LogP contribution < -0.4 is 5.32 Å². The zero-order chi connectivity index (χ0) is 16.3. The summed E-state index contributed by atoms with van der Waals surface area (Å²) in [5.74, 6) is -0.995. The maximum atomic E-state index is 12.6. The molecule has 7 nitrogen and oxygen atoms in total. The van der Waals surface area contributed by atoms with Gasteiger partial charge >= 0.3 is 5.97 Å². The lowest BCUT2D eigenvalue weighted by Gasteiger charge is -2.40. The average molecular weight is 314 g/mol. The molecule has 3 rings (SSSR count). The third-order valence-electron chi connectivity index (χ3n) is 4.28. The smallest absolute Gasteiger partial charge is 0.325 e. The van der Waals surface area contributed by atoms with Gasteiger partial charge < -0.3 is 10.4 Å². The largest absolute Gasteiger partial charge is 0.480 e. The average Bonchev–Trinajstić information content (AvgIpc) is 2.92. The molecule has 0 spiro atoms. The fourth-order valence-corrected chi connectivity index (χ4v) is 2.91. The van der Waals surface area contributed by atoms with Gasteiger partial charge in [-0.15, -0.1) is 5.10 Å². The SMILES string of the molecule is O=C(O)Cn1cc(CNC(=O)C2(c3ccccc3)CCC2)nn1. The number of amides is 1. The Balaban J connectivity index is 1.65. The molecule has 0 unspecified atom stereocenters. The van der Waals surface area contributed by atoms with Crippen molar-refractivity contribution in [1.29, 1.82) is 0 Å². The van der Waals surface area contributed by atoms with Crippen molar-refractivity contribution in [2.45, 2.75) is 37.8 Å². The molecule has 1 amide bonds. The number of aliphatic carboxylic acids is 1. The molecule has 1 fully saturated rings. The van der Waals surface area contributed by atoms with E-state index < -0.39 is 11.4 Å². The topological polar surface area (TPSA) is 97.1 Å². The van der Waals surface area contributed by atoms with Crippen molar-refractivity contribution in [2.75, 3.05) is 0 Å². The van der Waals surface area contributed by atoms with E-state index in [2.05, 4.69) is 15.6 Å². The Morgan fingerprint density at radius 2 is 2.00 bits per heavy atom. The standard InChI is InChI=1S/C16H18N4O3/c21-14(22)11-20-10-13(18-19-20)9-17-15(23)16(7-4-8-16)12-5-2-1-3-6-12/h1-3,5-6,10H,4,7-9,11H2,(H,17,23)(H,21,22). The predicted octanol–water partition coefficient (Wildman–Crippen LogP) is 1.10. The summed E-state index contributed by atoms with van der Waals surface area (Å²) < 4.78 is 1.24. The Morgan fingerprint density at radius 3 is 2.61 bits per heavy atom. The maximum absolute atomic E-state index is 12.6. The third-order valence-corrected chi connectivity index (χ3v) is 4.28. The van der Waals surface area contributed by atoms with Gasteiger partial charge in [0.1, 0.15) is 12.2 Å². The second-order valence-electron chi connectivity index (χ2n) is 5.79. The maximum Gasteiger partial charge on any atom is 0.325 e. The predicted molar refractivity (Wildman–Crippen MR) is 81.5 cm³/mol. The lowest BCUT2D eigenvalue weighted by Crippen LogP contribution is -2.49. The molecular formula is C16H18N4O3. The van der Waals surface area contributed by atoms with Gasteiger partial charge in [0.15, 0.2) is 0 Å². The van der Waals surface area contributed by atoms with Gasteiger partial charge in [0.05, 0.1) is 18.2 Å². The van der Waals surface area contributed by atoms with E-state index in [1.54, 1.807) is 0 Å². The van der Waals surface area contributed by atoms with Crippen LogP contribution in [-0.4, -0.2) is 32.0 Å². The summed E-state index contributed by atoms with van der Waals surface area (Å²) in [5.41, 5.74) is 1.14. The first kappa shape index (κ1) is 15.2. The second-order valence-corrected chi connectivity index (χ2v) is 5.79. The molecule has 1 saturated carbocycles.